The van der Waals surface area contributed by atoms with Crippen LogP contribution >= 0.6 is 0 Å². The van der Waals surface area contributed by atoms with E-state index in [1.54, 1.807) is 0 Å². The van der Waals surface area contributed by atoms with Gasteiger partial charge in [-0.25, -0.2) is 0 Å². The first-order valence-electron chi connectivity index (χ1n) is 20.4. The lowest BCUT2D eigenvalue weighted by molar-refractivity contribution is 0.656. The maximum Gasteiger partial charge on any atom is 0.0668 e. The number of aromatic nitrogens is 2. The van der Waals surface area contributed by atoms with Crippen LogP contribution in [0.15, 0.2) is 199 Å². The highest BCUT2D eigenvalue weighted by atomic mass is 15.0. The quantitative estimate of drug-likeness (QED) is 0.171. The fourth-order valence-corrected chi connectivity index (χ4v) is 9.88. The van der Waals surface area contributed by atoms with Gasteiger partial charge in [0.2, 0.25) is 0 Å². The lowest BCUT2D eigenvalue weighted by atomic mass is 9.82. The minimum atomic E-state index is 0.191. The molecular weight excluding hydrogens is 703 g/mol. The van der Waals surface area contributed by atoms with Crippen LogP contribution in [0.1, 0.15) is 41.9 Å². The average molecular weight is 742 g/mol. The van der Waals surface area contributed by atoms with Crippen molar-refractivity contribution < 1.29 is 0 Å². The van der Waals surface area contributed by atoms with Gasteiger partial charge < -0.3 is 9.13 Å². The second kappa shape index (κ2) is 12.9. The van der Waals surface area contributed by atoms with E-state index in [0.717, 1.165) is 29.2 Å². The number of fused-ring (bicyclic) bond motifs is 9. The number of hydrogen-bond donors (Lipinski definition) is 0. The predicted molar refractivity (Wildman–Crippen MR) is 245 cm³/mol. The monoisotopic (exact) mass is 741 g/mol. The van der Waals surface area contributed by atoms with E-state index in [1.165, 1.54) is 81.8 Å². The molecule has 0 spiro atoms. The molecule has 2 aromatic heterocycles. The van der Waals surface area contributed by atoms with Crippen molar-refractivity contribution in [2.24, 2.45) is 4.99 Å². The summed E-state index contributed by atoms with van der Waals surface area (Å²) in [6.07, 6.45) is 1.01. The molecule has 9 aromatic carbocycles. The summed E-state index contributed by atoms with van der Waals surface area (Å²) >= 11 is 0. The van der Waals surface area contributed by atoms with Crippen LogP contribution in [0.4, 0.5) is 5.69 Å². The Bertz CT molecular complexity index is 3440. The van der Waals surface area contributed by atoms with Crippen molar-refractivity contribution in [3.8, 4) is 11.4 Å². The Balaban J connectivity index is 1.07. The third kappa shape index (κ3) is 5.10. The summed E-state index contributed by atoms with van der Waals surface area (Å²) in [7, 11) is 0. The van der Waals surface area contributed by atoms with Crippen LogP contribution in [0, 0.1) is 0 Å². The summed E-state index contributed by atoms with van der Waals surface area (Å²) in [4.78, 5) is 5.46. The normalized spacial score (nSPS) is 15.7. The summed E-state index contributed by atoms with van der Waals surface area (Å²) < 4.78 is 4.90. The molecule has 274 valence electrons. The highest BCUT2D eigenvalue weighted by Gasteiger charge is 2.28. The number of benzene rings is 9. The summed E-state index contributed by atoms with van der Waals surface area (Å²) in [6, 6.07) is 71.4. The van der Waals surface area contributed by atoms with Gasteiger partial charge in [0.25, 0.3) is 0 Å². The molecule has 1 aliphatic heterocycles. The Morgan fingerprint density at radius 2 is 1.03 bits per heavy atom. The fourth-order valence-electron chi connectivity index (χ4n) is 9.88. The third-order valence-corrected chi connectivity index (χ3v) is 12.6. The van der Waals surface area contributed by atoms with Gasteiger partial charge in [0.05, 0.1) is 33.5 Å². The van der Waals surface area contributed by atoms with Crippen molar-refractivity contribution in [3.63, 3.8) is 0 Å². The Kier molecular flexibility index (Phi) is 7.33. The molecule has 0 radical (unpaired) electrons. The molecule has 12 rings (SSSR count). The summed E-state index contributed by atoms with van der Waals surface area (Å²) in [5.41, 5.74) is 13.2. The van der Waals surface area contributed by atoms with E-state index in [1.807, 2.05) is 0 Å². The Morgan fingerprint density at radius 3 is 1.88 bits per heavy atom. The third-order valence-electron chi connectivity index (χ3n) is 12.6. The first-order valence-corrected chi connectivity index (χ1v) is 20.4. The zero-order valence-corrected chi connectivity index (χ0v) is 32.2. The van der Waals surface area contributed by atoms with E-state index in [2.05, 4.69) is 210 Å². The number of rotatable bonds is 4. The molecule has 58 heavy (non-hydrogen) atoms. The van der Waals surface area contributed by atoms with E-state index in [0.29, 0.717) is 5.92 Å². The van der Waals surface area contributed by atoms with Crippen molar-refractivity contribution in [1.29, 1.82) is 0 Å². The van der Waals surface area contributed by atoms with Crippen molar-refractivity contribution >= 4 is 76.6 Å². The van der Waals surface area contributed by atoms with E-state index >= 15 is 0 Å². The molecule has 0 bridgehead atoms. The van der Waals surface area contributed by atoms with Gasteiger partial charge in [0, 0.05) is 38.8 Å². The molecule has 2 unspecified atom stereocenters. The lowest BCUT2D eigenvalue weighted by Gasteiger charge is -2.21. The summed E-state index contributed by atoms with van der Waals surface area (Å²) in [6.45, 7) is 2.35. The van der Waals surface area contributed by atoms with E-state index in [-0.39, 0.29) is 5.92 Å². The predicted octanol–water partition coefficient (Wildman–Crippen LogP) is 14.6. The fraction of sp³-hybridized carbons (Fsp3) is 0.0727. The molecule has 3 heteroatoms. The summed E-state index contributed by atoms with van der Waals surface area (Å²) in [5, 5.41) is 9.94. The molecule has 0 saturated heterocycles. The molecule has 1 aliphatic rings. The van der Waals surface area contributed by atoms with Gasteiger partial charge in [-0.2, -0.15) is 0 Å². The van der Waals surface area contributed by atoms with E-state index < -0.39 is 0 Å². The first kappa shape index (κ1) is 33.0. The van der Waals surface area contributed by atoms with Crippen LogP contribution in [-0.4, -0.2) is 14.8 Å². The maximum absolute atomic E-state index is 5.46. The minimum Gasteiger partial charge on any atom is -0.309 e. The number of aliphatic imine (C=N–C) groups is 1. The second-order valence-corrected chi connectivity index (χ2v) is 16.0. The average Bonchev–Trinajstić information content (AvgIpc) is 3.71. The molecule has 0 aliphatic carbocycles. The minimum absolute atomic E-state index is 0.191. The molecule has 0 N–H and O–H groups in total. The van der Waals surface area contributed by atoms with Crippen molar-refractivity contribution in [2.75, 3.05) is 0 Å². The second-order valence-electron chi connectivity index (χ2n) is 16.0. The molecule has 0 saturated carbocycles. The van der Waals surface area contributed by atoms with Crippen LogP contribution in [0.25, 0.3) is 76.5 Å². The Labute approximate surface area is 336 Å². The van der Waals surface area contributed by atoms with Crippen molar-refractivity contribution in [2.45, 2.75) is 25.2 Å². The Morgan fingerprint density at radius 1 is 0.431 bits per heavy atom. The summed E-state index contributed by atoms with van der Waals surface area (Å²) in [5.74, 6) is 0.584. The zero-order valence-electron chi connectivity index (χ0n) is 32.2. The van der Waals surface area contributed by atoms with Gasteiger partial charge in [-0.3, -0.25) is 4.99 Å². The van der Waals surface area contributed by atoms with E-state index in [4.69, 9.17) is 4.99 Å². The molecule has 3 heterocycles. The van der Waals surface area contributed by atoms with Gasteiger partial charge >= 0.3 is 0 Å². The van der Waals surface area contributed by atoms with Gasteiger partial charge in [-0.05, 0) is 117 Å². The molecular formula is C55H39N3. The van der Waals surface area contributed by atoms with Crippen LogP contribution in [0.5, 0.6) is 0 Å². The van der Waals surface area contributed by atoms with Crippen LogP contribution in [-0.2, 0) is 0 Å². The van der Waals surface area contributed by atoms with Crippen molar-refractivity contribution in [1.82, 2.24) is 9.13 Å². The van der Waals surface area contributed by atoms with Crippen LogP contribution in [0.2, 0.25) is 0 Å². The van der Waals surface area contributed by atoms with Gasteiger partial charge in [0.1, 0.15) is 0 Å². The number of nitrogens with zero attached hydrogens (tertiary/aromatic N) is 3. The lowest BCUT2D eigenvalue weighted by Crippen LogP contribution is -2.15. The van der Waals surface area contributed by atoms with Gasteiger partial charge in [0.15, 0.2) is 0 Å². The van der Waals surface area contributed by atoms with Crippen LogP contribution < -0.4 is 0 Å². The maximum atomic E-state index is 5.46. The Hall–Kier alpha value is -7.23. The molecule has 2 atom stereocenters. The first-order chi connectivity index (χ1) is 28.7. The number of para-hydroxylation sites is 3. The topological polar surface area (TPSA) is 22.2 Å². The van der Waals surface area contributed by atoms with Gasteiger partial charge in [-0.15, -0.1) is 0 Å². The molecule has 3 nitrogen and oxygen atoms in total. The van der Waals surface area contributed by atoms with Crippen molar-refractivity contribution in [3.05, 3.63) is 211 Å². The number of hydrogen-bond acceptors (Lipinski definition) is 1. The van der Waals surface area contributed by atoms with E-state index in [9.17, 15) is 0 Å². The molecule has 0 amide bonds. The zero-order chi connectivity index (χ0) is 38.3. The molecule has 0 fully saturated rings. The SMILES string of the molecule is CC1CC(c2ccccc2)C(c2ccc3cc(-n4c5cc6ccccc6cc5c5cc6c7ccccc7n(-c7ccccc7)c6cc54)ccc3c2)=Nc2ccccc21. The molecule has 11 aromatic rings. The smallest absolute Gasteiger partial charge is 0.0668 e. The highest BCUT2D eigenvalue weighted by Crippen LogP contribution is 2.43. The van der Waals surface area contributed by atoms with Gasteiger partial charge in [-0.1, -0.05) is 134 Å². The standard InChI is InChI=1S/C55H39N3/c1-35-28-46(36-14-4-2-5-15-36)55(56-50-22-12-10-20-44(35)50)41-25-24-40-30-43(27-26-39(40)29-41)58-52-32-38-17-9-8-16-37(38)31-47(52)49-33-48-45-21-11-13-23-51(45)57(53(48)34-54(49)58)42-18-6-3-7-19-42/h2-27,29-35,46H,28H2,1H3. The highest BCUT2D eigenvalue weighted by molar-refractivity contribution is 6.21. The van der Waals surface area contributed by atoms with Crippen LogP contribution in [0.3, 0.4) is 0 Å². The largest absolute Gasteiger partial charge is 0.309 e.